The first kappa shape index (κ1) is 34.5. The maximum Gasteiger partial charge on any atom is 0.252 e. The second-order valence-corrected chi connectivity index (χ2v) is 13.9. The maximum atomic E-state index is 13.6. The quantitative estimate of drug-likeness (QED) is 0.199. The van der Waals surface area contributed by atoms with Crippen molar-refractivity contribution in [1.82, 2.24) is 21.1 Å². The third-order valence-corrected chi connectivity index (χ3v) is 10.1. The predicted molar refractivity (Wildman–Crippen MR) is 167 cm³/mol. The maximum absolute atomic E-state index is 13.6. The van der Waals surface area contributed by atoms with E-state index in [1.54, 1.807) is 26.0 Å². The van der Waals surface area contributed by atoms with Gasteiger partial charge in [-0.25, -0.2) is 13.4 Å². The van der Waals surface area contributed by atoms with E-state index in [9.17, 15) is 23.1 Å². The number of hydrogen-bond donors (Lipinski definition) is 4. The van der Waals surface area contributed by atoms with Crippen molar-refractivity contribution in [1.29, 1.82) is 0 Å². The van der Waals surface area contributed by atoms with Gasteiger partial charge in [0.1, 0.15) is 11.1 Å². The Labute approximate surface area is 256 Å². The van der Waals surface area contributed by atoms with Crippen molar-refractivity contribution < 1.29 is 27.9 Å². The van der Waals surface area contributed by atoms with Gasteiger partial charge in [0.15, 0.2) is 9.84 Å². The normalized spacial score (nSPS) is 16.3. The lowest BCUT2D eigenvalue weighted by molar-refractivity contribution is -0.148. The molecule has 0 heterocycles. The molecule has 43 heavy (non-hydrogen) atoms. The molecular weight excluding hydrogens is 568 g/mol. The molecule has 1 aliphatic carbocycles. The fourth-order valence-electron chi connectivity index (χ4n) is 4.81. The summed E-state index contributed by atoms with van der Waals surface area (Å²) >= 11 is 0. The monoisotopic (exact) mass is 616 g/mol. The van der Waals surface area contributed by atoms with E-state index in [-0.39, 0.29) is 54.5 Å². The number of ether oxygens (including phenoxy) is 1. The summed E-state index contributed by atoms with van der Waals surface area (Å²) in [4.78, 5) is 26.7. The number of aliphatic hydroxyl groups excluding tert-OH is 1. The van der Waals surface area contributed by atoms with Gasteiger partial charge in [-0.2, -0.15) is 0 Å². The summed E-state index contributed by atoms with van der Waals surface area (Å²) in [6, 6.07) is 15.1. The number of rotatable bonds is 17. The van der Waals surface area contributed by atoms with Crippen LogP contribution < -0.4 is 20.8 Å². The van der Waals surface area contributed by atoms with Gasteiger partial charge in [-0.1, -0.05) is 64.4 Å². The molecule has 2 aromatic carbocycles. The number of hydrogen-bond acceptors (Lipinski definition) is 8. The molecule has 0 saturated heterocycles. The molecule has 4 atom stereocenters. The molecule has 1 aliphatic rings. The Hall–Kier alpha value is -2.99. The highest BCUT2D eigenvalue weighted by molar-refractivity contribution is 7.92. The lowest BCUT2D eigenvalue weighted by Gasteiger charge is -2.36. The van der Waals surface area contributed by atoms with E-state index in [1.165, 1.54) is 24.3 Å². The van der Waals surface area contributed by atoms with Gasteiger partial charge in [0, 0.05) is 19.0 Å². The molecule has 3 rings (SSSR count). The fraction of sp³-hybridized carbons (Fsp3) is 0.562. The number of amides is 2. The molecule has 11 heteroatoms. The minimum absolute atomic E-state index is 0.0553. The molecule has 238 valence electrons. The third kappa shape index (κ3) is 10.3. The van der Waals surface area contributed by atoms with Gasteiger partial charge in [0.2, 0.25) is 5.91 Å². The zero-order valence-electron chi connectivity index (χ0n) is 26.0. The standard InChI is InChI=1S/C32H48N4O6S/c1-6-23(4)18-31(39)36(35-30(38)21-33-25-12-13-25)28(19-24-10-8-7-9-11-24)29(37)20-34-32(22(2)3)43(40,41)27-16-14-26(42-5)15-17-27/h7-11,14-17,22-23,25,28-29,32-34,37H,6,12-13,18-21H2,1-5H3,(H,35,38)/t23-,28-,29+,32?/m0/s1. The lowest BCUT2D eigenvalue weighted by Crippen LogP contribution is -2.60. The lowest BCUT2D eigenvalue weighted by atomic mass is 9.98. The molecule has 0 aromatic heterocycles. The predicted octanol–water partition coefficient (Wildman–Crippen LogP) is 3.06. The van der Waals surface area contributed by atoms with E-state index in [0.29, 0.717) is 11.8 Å². The first-order valence-corrected chi connectivity index (χ1v) is 16.7. The number of carbonyl (C=O) groups excluding carboxylic acids is 2. The molecule has 1 unspecified atom stereocenters. The smallest absolute Gasteiger partial charge is 0.252 e. The van der Waals surface area contributed by atoms with Crippen molar-refractivity contribution in [2.45, 2.75) is 88.3 Å². The second-order valence-electron chi connectivity index (χ2n) is 11.8. The Morgan fingerprint density at radius 1 is 1.05 bits per heavy atom. The van der Waals surface area contributed by atoms with Gasteiger partial charge >= 0.3 is 0 Å². The van der Waals surface area contributed by atoms with Crippen LogP contribution in [0.5, 0.6) is 5.75 Å². The van der Waals surface area contributed by atoms with Crippen LogP contribution in [0.1, 0.15) is 58.9 Å². The number of carbonyl (C=O) groups is 2. The van der Waals surface area contributed by atoms with Gasteiger partial charge in [-0.05, 0) is 60.9 Å². The summed E-state index contributed by atoms with van der Waals surface area (Å²) in [6.45, 7) is 7.48. The minimum Gasteiger partial charge on any atom is -0.497 e. The van der Waals surface area contributed by atoms with Gasteiger partial charge in [-0.3, -0.25) is 20.3 Å². The molecule has 0 spiro atoms. The van der Waals surface area contributed by atoms with E-state index >= 15 is 0 Å². The van der Waals surface area contributed by atoms with Gasteiger partial charge in [0.05, 0.1) is 30.7 Å². The second kappa shape index (κ2) is 16.2. The van der Waals surface area contributed by atoms with Crippen LogP contribution in [0.3, 0.4) is 0 Å². The number of sulfone groups is 1. The third-order valence-electron chi connectivity index (χ3n) is 7.78. The highest BCUT2D eigenvalue weighted by Gasteiger charge is 2.35. The number of aliphatic hydroxyl groups is 1. The molecule has 10 nitrogen and oxygen atoms in total. The van der Waals surface area contributed by atoms with Gasteiger partial charge < -0.3 is 15.2 Å². The molecule has 4 N–H and O–H groups in total. The number of nitrogens with zero attached hydrogens (tertiary/aromatic N) is 1. The minimum atomic E-state index is -3.83. The van der Waals surface area contributed by atoms with Crippen molar-refractivity contribution in [3.8, 4) is 5.75 Å². The van der Waals surface area contributed by atoms with Crippen LogP contribution in [0.25, 0.3) is 0 Å². The van der Waals surface area contributed by atoms with E-state index in [4.69, 9.17) is 4.74 Å². The topological polar surface area (TPSA) is 137 Å². The molecule has 0 radical (unpaired) electrons. The number of nitrogens with one attached hydrogen (secondary N) is 3. The molecule has 2 aromatic rings. The SMILES string of the molecule is CC[C@H](C)CC(=O)N(NC(=O)CNC1CC1)[C@@H](Cc1ccccc1)[C@H](O)CNC(C(C)C)S(=O)(=O)c1ccc(OC)cc1. The highest BCUT2D eigenvalue weighted by atomic mass is 32.2. The summed E-state index contributed by atoms with van der Waals surface area (Å²) in [5.41, 5.74) is 3.64. The van der Waals surface area contributed by atoms with Crippen molar-refractivity contribution in [2.24, 2.45) is 11.8 Å². The van der Waals surface area contributed by atoms with Crippen LogP contribution in [0.15, 0.2) is 59.5 Å². The van der Waals surface area contributed by atoms with Crippen molar-refractivity contribution in [3.63, 3.8) is 0 Å². The summed E-state index contributed by atoms with van der Waals surface area (Å²) in [5, 5.41) is 18.1. The van der Waals surface area contributed by atoms with E-state index in [1.807, 2.05) is 44.2 Å². The van der Waals surface area contributed by atoms with Crippen molar-refractivity contribution in [2.75, 3.05) is 20.2 Å². The van der Waals surface area contributed by atoms with E-state index < -0.39 is 27.4 Å². The summed E-state index contributed by atoms with van der Waals surface area (Å²) in [7, 11) is -2.31. The molecule has 2 amide bonds. The van der Waals surface area contributed by atoms with E-state index in [2.05, 4.69) is 16.1 Å². The first-order chi connectivity index (χ1) is 20.5. The number of benzene rings is 2. The van der Waals surface area contributed by atoms with Crippen molar-refractivity contribution >= 4 is 21.7 Å². The van der Waals surface area contributed by atoms with Gasteiger partial charge in [-0.15, -0.1) is 0 Å². The van der Waals surface area contributed by atoms with Crippen LogP contribution >= 0.6 is 0 Å². The average molecular weight is 617 g/mol. The fourth-order valence-corrected chi connectivity index (χ4v) is 6.65. The largest absolute Gasteiger partial charge is 0.497 e. The van der Waals surface area contributed by atoms with Crippen LogP contribution in [-0.4, -0.2) is 74.1 Å². The molecular formula is C32H48N4O6S. The summed E-state index contributed by atoms with van der Waals surface area (Å²) in [6.07, 6.45) is 2.06. The Balaban J connectivity index is 1.87. The molecule has 0 aliphatic heterocycles. The summed E-state index contributed by atoms with van der Waals surface area (Å²) in [5.74, 6) is -0.388. The number of hydrazine groups is 1. The van der Waals surface area contributed by atoms with Gasteiger partial charge in [0.25, 0.3) is 5.91 Å². The van der Waals surface area contributed by atoms with E-state index in [0.717, 1.165) is 24.8 Å². The summed E-state index contributed by atoms with van der Waals surface area (Å²) < 4.78 is 32.4. The molecule has 1 fully saturated rings. The van der Waals surface area contributed by atoms with Crippen molar-refractivity contribution in [3.05, 3.63) is 60.2 Å². The zero-order chi connectivity index (χ0) is 31.6. The van der Waals surface area contributed by atoms with Crippen LogP contribution in [0, 0.1) is 11.8 Å². The zero-order valence-corrected chi connectivity index (χ0v) is 26.8. The Morgan fingerprint density at radius 3 is 2.26 bits per heavy atom. The highest BCUT2D eigenvalue weighted by Crippen LogP contribution is 2.23. The van der Waals surface area contributed by atoms with Crippen LogP contribution in [0.4, 0.5) is 0 Å². The Morgan fingerprint density at radius 2 is 1.70 bits per heavy atom. The van der Waals surface area contributed by atoms with Crippen LogP contribution in [-0.2, 0) is 25.8 Å². The Kier molecular flexibility index (Phi) is 13.0. The number of methoxy groups -OCH3 is 1. The first-order valence-electron chi connectivity index (χ1n) is 15.1. The Bertz CT molecular complexity index is 1270. The molecule has 0 bridgehead atoms. The average Bonchev–Trinajstić information content (AvgIpc) is 3.82. The van der Waals surface area contributed by atoms with Crippen LogP contribution in [0.2, 0.25) is 0 Å². The molecule has 1 saturated carbocycles.